The number of hydrogen-bond donors (Lipinski definition) is 2. The third kappa shape index (κ3) is 6.70. The van der Waals surface area contributed by atoms with E-state index in [1.165, 1.54) is 0 Å². The maximum atomic E-state index is 11.2. The lowest BCUT2D eigenvalue weighted by atomic mass is 10.2. The zero-order chi connectivity index (χ0) is 27.9. The summed E-state index contributed by atoms with van der Waals surface area (Å²) in [5.41, 5.74) is -3.52. The van der Waals surface area contributed by atoms with Gasteiger partial charge in [0, 0.05) is 0 Å². The lowest BCUT2D eigenvalue weighted by molar-refractivity contribution is -0.402. The summed E-state index contributed by atoms with van der Waals surface area (Å²) in [4.78, 5) is 69.7. The Morgan fingerprint density at radius 2 is 0.784 bits per heavy atom. The highest BCUT2D eigenvalue weighted by atomic mass is 16.7. The van der Waals surface area contributed by atoms with Gasteiger partial charge < -0.3 is 0 Å². The summed E-state index contributed by atoms with van der Waals surface area (Å²) in [6.07, 6.45) is -0.108. The first-order valence-electron chi connectivity index (χ1n) is 9.33. The molecule has 0 amide bonds. The Kier molecular flexibility index (Phi) is 8.70. The van der Waals surface area contributed by atoms with Crippen molar-refractivity contribution < 1.29 is 39.2 Å². The molecule has 0 aliphatic rings. The first kappa shape index (κ1) is 27.6. The number of nitro benzene ring substituents is 6. The Labute approximate surface area is 201 Å². The highest BCUT2D eigenvalue weighted by Crippen LogP contribution is 2.39. The molecule has 196 valence electrons. The molecule has 37 heavy (non-hydrogen) atoms. The molecule has 0 saturated heterocycles. The number of nitrogens with one attached hydrogen (secondary N) is 2. The second-order valence-corrected chi connectivity index (χ2v) is 6.52. The van der Waals surface area contributed by atoms with E-state index in [-0.39, 0.29) is 19.6 Å². The average Bonchev–Trinajstić information content (AvgIpc) is 2.81. The average molecular weight is 528 g/mol. The molecular formula is C15H12N8O14. The van der Waals surface area contributed by atoms with Gasteiger partial charge in [-0.1, -0.05) is 0 Å². The summed E-state index contributed by atoms with van der Waals surface area (Å²) in [5, 5.41) is 66.5. The van der Waals surface area contributed by atoms with Crippen molar-refractivity contribution in [3.8, 4) is 0 Å². The molecule has 2 N–H and O–H groups in total. The summed E-state index contributed by atoms with van der Waals surface area (Å²) >= 11 is 0. The van der Waals surface area contributed by atoms with Gasteiger partial charge in [-0.25, -0.2) is 0 Å². The van der Waals surface area contributed by atoms with Crippen LogP contribution in [0.15, 0.2) is 24.3 Å². The molecule has 0 spiro atoms. The number of nitrogens with zero attached hydrogens (tertiary/aromatic N) is 6. The van der Waals surface area contributed by atoms with E-state index in [2.05, 4.69) is 0 Å². The zero-order valence-electron chi connectivity index (χ0n) is 17.8. The molecule has 0 aliphatic heterocycles. The van der Waals surface area contributed by atoms with Crippen LogP contribution in [0.5, 0.6) is 0 Å². The molecular weight excluding hydrogens is 516 g/mol. The fourth-order valence-electron chi connectivity index (χ4n) is 2.64. The van der Waals surface area contributed by atoms with Crippen molar-refractivity contribution in [3.63, 3.8) is 0 Å². The Bertz CT molecular complexity index is 1130. The van der Waals surface area contributed by atoms with Gasteiger partial charge in [0.15, 0.2) is 0 Å². The highest BCUT2D eigenvalue weighted by Gasteiger charge is 2.32. The van der Waals surface area contributed by atoms with E-state index in [9.17, 15) is 60.7 Å². The number of non-ortho nitro benzene ring substituents is 2. The summed E-state index contributed by atoms with van der Waals surface area (Å²) in [7, 11) is 0. The molecule has 0 heterocycles. The topological polar surface area (TPSA) is 301 Å². The van der Waals surface area contributed by atoms with E-state index >= 15 is 0 Å². The second kappa shape index (κ2) is 11.7. The summed E-state index contributed by atoms with van der Waals surface area (Å²) < 4.78 is 0. The van der Waals surface area contributed by atoms with Gasteiger partial charge in [0.25, 0.3) is 11.4 Å². The van der Waals surface area contributed by atoms with Gasteiger partial charge in [-0.15, -0.1) is 0 Å². The Balaban J connectivity index is 2.05. The van der Waals surface area contributed by atoms with Crippen molar-refractivity contribution in [1.29, 1.82) is 0 Å². The molecule has 2 rings (SSSR count). The fraction of sp³-hybridized carbons (Fsp3) is 0.200. The fourth-order valence-corrected chi connectivity index (χ4v) is 2.64. The van der Waals surface area contributed by atoms with Crippen molar-refractivity contribution in [2.45, 2.75) is 6.42 Å². The quantitative estimate of drug-likeness (QED) is 0.202. The smallest absolute Gasteiger partial charge is 0.276 e. The largest absolute Gasteiger partial charge is 0.308 e. The summed E-state index contributed by atoms with van der Waals surface area (Å²) in [6, 6.07) is 1.93. The number of anilines is 2. The predicted molar refractivity (Wildman–Crippen MR) is 117 cm³/mol. The number of benzene rings is 2. The van der Waals surface area contributed by atoms with Crippen LogP contribution in [0.3, 0.4) is 0 Å². The van der Waals surface area contributed by atoms with Crippen molar-refractivity contribution in [3.05, 3.63) is 85.0 Å². The van der Waals surface area contributed by atoms with Gasteiger partial charge in [-0.05, 0) is 6.42 Å². The van der Waals surface area contributed by atoms with Gasteiger partial charge in [-0.3, -0.25) is 81.3 Å². The number of nitro groups is 6. The normalized spacial score (nSPS) is 10.4. The van der Waals surface area contributed by atoms with Gasteiger partial charge in [-0.2, -0.15) is 0 Å². The van der Waals surface area contributed by atoms with Crippen LogP contribution < -0.4 is 11.0 Å². The van der Waals surface area contributed by atoms with Crippen molar-refractivity contribution in [2.75, 3.05) is 24.2 Å². The van der Waals surface area contributed by atoms with Crippen molar-refractivity contribution in [1.82, 2.24) is 0 Å². The van der Waals surface area contributed by atoms with E-state index in [1.807, 2.05) is 11.0 Å². The molecule has 0 radical (unpaired) electrons. The van der Waals surface area contributed by atoms with E-state index in [1.54, 1.807) is 0 Å². The Hall–Kier alpha value is -5.64. The van der Waals surface area contributed by atoms with E-state index < -0.39 is 75.0 Å². The standard InChI is InChI=1S/C15H12N8O14/c24-18(25)8-4-10(20(28)29)14(11(5-8)21(30)31)16-36-2-1-3-37-17-15-12(22(32)33)6-9(19(26)27)7-13(15)23(34)35/h4-7,16-17H,1-3H2. The minimum atomic E-state index is -1.11. The van der Waals surface area contributed by atoms with Crippen molar-refractivity contribution >= 4 is 45.5 Å². The van der Waals surface area contributed by atoms with Crippen LogP contribution in [0.25, 0.3) is 0 Å². The summed E-state index contributed by atoms with van der Waals surface area (Å²) in [6.45, 7) is -0.727. The van der Waals surface area contributed by atoms with Gasteiger partial charge in [0.05, 0.1) is 67.0 Å². The summed E-state index contributed by atoms with van der Waals surface area (Å²) in [5.74, 6) is 0. The van der Waals surface area contributed by atoms with Gasteiger partial charge in [0.1, 0.15) is 0 Å². The number of hydrogen-bond acceptors (Lipinski definition) is 16. The first-order chi connectivity index (χ1) is 17.3. The van der Waals surface area contributed by atoms with Crippen LogP contribution in [-0.2, 0) is 9.68 Å². The third-order valence-electron chi connectivity index (χ3n) is 4.21. The SMILES string of the molecule is O=[N+]([O-])c1cc([N+](=O)[O-])c(NOCCCONc2c([N+](=O)[O-])cc([N+](=O)[O-])cc2[N+](=O)[O-])c([N+](=O)[O-])c1. The van der Waals surface area contributed by atoms with Crippen LogP contribution >= 0.6 is 0 Å². The monoisotopic (exact) mass is 528 g/mol. The molecule has 0 atom stereocenters. The molecule has 2 aromatic carbocycles. The molecule has 0 fully saturated rings. The maximum absolute atomic E-state index is 11.2. The van der Waals surface area contributed by atoms with Crippen LogP contribution in [0.1, 0.15) is 6.42 Å². The van der Waals surface area contributed by atoms with Crippen molar-refractivity contribution in [2.24, 2.45) is 0 Å². The lowest BCUT2D eigenvalue weighted by Gasteiger charge is -2.10. The maximum Gasteiger partial charge on any atom is 0.308 e. The second-order valence-electron chi connectivity index (χ2n) is 6.52. The molecule has 0 unspecified atom stereocenters. The molecule has 22 nitrogen and oxygen atoms in total. The highest BCUT2D eigenvalue weighted by molar-refractivity contribution is 5.77. The molecule has 0 aliphatic carbocycles. The van der Waals surface area contributed by atoms with Crippen LogP contribution in [0.2, 0.25) is 0 Å². The Morgan fingerprint density at radius 1 is 0.514 bits per heavy atom. The minimum Gasteiger partial charge on any atom is -0.276 e. The minimum absolute atomic E-state index is 0.108. The van der Waals surface area contributed by atoms with Crippen LogP contribution in [-0.4, -0.2) is 42.8 Å². The first-order valence-corrected chi connectivity index (χ1v) is 9.33. The third-order valence-corrected chi connectivity index (χ3v) is 4.21. The molecule has 0 bridgehead atoms. The molecule has 2 aromatic rings. The van der Waals surface area contributed by atoms with Crippen LogP contribution in [0, 0.1) is 60.7 Å². The van der Waals surface area contributed by atoms with E-state index in [0.29, 0.717) is 24.3 Å². The lowest BCUT2D eigenvalue weighted by Crippen LogP contribution is -2.12. The predicted octanol–water partition coefficient (Wildman–Crippen LogP) is 2.91. The van der Waals surface area contributed by atoms with E-state index in [4.69, 9.17) is 9.68 Å². The Morgan fingerprint density at radius 3 is 1.00 bits per heavy atom. The van der Waals surface area contributed by atoms with E-state index in [0.717, 1.165) is 0 Å². The van der Waals surface area contributed by atoms with Gasteiger partial charge >= 0.3 is 22.7 Å². The molecule has 0 saturated carbocycles. The molecule has 22 heteroatoms. The van der Waals surface area contributed by atoms with Gasteiger partial charge in [0.2, 0.25) is 11.4 Å². The van der Waals surface area contributed by atoms with Crippen LogP contribution in [0.4, 0.5) is 45.5 Å². The number of rotatable bonds is 14. The molecule has 0 aromatic heterocycles. The zero-order valence-corrected chi connectivity index (χ0v) is 17.8.